The SMILES string of the molecule is CC[C@H](C1CCC(C(=O)O)CC1)N(C)c1nc2c(c(N[C@@H](CN3CCC4C[C@H]4C3)c3cnn(C)c3)n1)C[C@H](c1ccccc1)CC2. The van der Waals surface area contributed by atoms with Gasteiger partial charge < -0.3 is 20.2 Å². The molecule has 9 heteroatoms. The van der Waals surface area contributed by atoms with Crippen molar-refractivity contribution in [2.75, 3.05) is 36.9 Å². The molecule has 1 unspecified atom stereocenters. The van der Waals surface area contributed by atoms with E-state index in [0.29, 0.717) is 11.8 Å². The number of anilines is 2. The minimum atomic E-state index is -0.646. The molecule has 5 atom stereocenters. The molecule has 0 spiro atoms. The van der Waals surface area contributed by atoms with Crippen molar-refractivity contribution in [2.45, 2.75) is 89.1 Å². The third kappa shape index (κ3) is 6.66. The Balaban J connectivity index is 1.20. The summed E-state index contributed by atoms with van der Waals surface area (Å²) in [6.07, 6.45) is 14.2. The fourth-order valence-corrected chi connectivity index (χ4v) is 8.81. The van der Waals surface area contributed by atoms with Gasteiger partial charge in [-0.2, -0.15) is 10.1 Å². The van der Waals surface area contributed by atoms with Gasteiger partial charge in [-0.05, 0) is 100.0 Å². The van der Waals surface area contributed by atoms with E-state index in [1.54, 1.807) is 0 Å². The average Bonchev–Trinajstić information content (AvgIpc) is 3.73. The summed E-state index contributed by atoms with van der Waals surface area (Å²) in [4.78, 5) is 27.2. The maximum atomic E-state index is 11.6. The van der Waals surface area contributed by atoms with Crippen LogP contribution in [0, 0.1) is 23.7 Å². The number of aromatic nitrogens is 4. The zero-order valence-electron chi connectivity index (χ0n) is 27.8. The minimum Gasteiger partial charge on any atom is -0.481 e. The molecule has 1 saturated heterocycles. The predicted molar refractivity (Wildman–Crippen MR) is 181 cm³/mol. The molecule has 1 aliphatic heterocycles. The van der Waals surface area contributed by atoms with Crippen molar-refractivity contribution in [1.29, 1.82) is 0 Å². The van der Waals surface area contributed by atoms with Gasteiger partial charge in [-0.25, -0.2) is 4.98 Å². The number of nitrogens with one attached hydrogen (secondary N) is 1. The molecule has 7 rings (SSSR count). The van der Waals surface area contributed by atoms with Crippen LogP contribution in [0.1, 0.15) is 92.6 Å². The standard InChI is InChI=1S/C37H51N7O2/c1-4-34(25-10-12-26(13-11-25)36(45)46)43(3)37-40-32-15-14-27(24-8-6-5-7-9-24)19-31(32)35(41-37)39-33(30-20-38-42(2)21-30)23-44-17-16-28-18-29(28)22-44/h5-9,20-21,25-29,33-34H,4,10-19,22-23H2,1-3H3,(H,45,46)(H,39,40,41)/t25?,26?,27-,28?,29+,33+,34-/m1/s1. The van der Waals surface area contributed by atoms with Crippen LogP contribution in [0.5, 0.6) is 0 Å². The van der Waals surface area contributed by atoms with E-state index in [-0.39, 0.29) is 18.0 Å². The molecule has 2 saturated carbocycles. The van der Waals surface area contributed by atoms with Gasteiger partial charge in [0.15, 0.2) is 0 Å². The predicted octanol–water partition coefficient (Wildman–Crippen LogP) is 6.08. The van der Waals surface area contributed by atoms with Crippen molar-refractivity contribution in [3.8, 4) is 0 Å². The molecule has 0 bridgehead atoms. The number of benzene rings is 1. The third-order valence-electron chi connectivity index (χ3n) is 11.7. The van der Waals surface area contributed by atoms with E-state index in [4.69, 9.17) is 9.97 Å². The smallest absolute Gasteiger partial charge is 0.306 e. The zero-order valence-corrected chi connectivity index (χ0v) is 27.8. The molecule has 1 aromatic carbocycles. The topological polar surface area (TPSA) is 99.4 Å². The van der Waals surface area contributed by atoms with Crippen LogP contribution < -0.4 is 10.2 Å². The van der Waals surface area contributed by atoms with Gasteiger partial charge in [0.2, 0.25) is 5.95 Å². The summed E-state index contributed by atoms with van der Waals surface area (Å²) in [5.41, 5.74) is 5.00. The number of carbonyl (C=O) groups is 1. The second-order valence-electron chi connectivity index (χ2n) is 14.6. The van der Waals surface area contributed by atoms with Gasteiger partial charge in [-0.3, -0.25) is 9.48 Å². The molecule has 0 radical (unpaired) electrons. The highest BCUT2D eigenvalue weighted by atomic mass is 16.4. The molecule has 2 aromatic heterocycles. The van der Waals surface area contributed by atoms with Crippen LogP contribution in [-0.2, 0) is 24.7 Å². The Kier molecular flexibility index (Phi) is 9.03. The molecule has 3 heterocycles. The maximum Gasteiger partial charge on any atom is 0.306 e. The van der Waals surface area contributed by atoms with Gasteiger partial charge in [0, 0.05) is 50.6 Å². The molecule has 246 valence electrons. The summed E-state index contributed by atoms with van der Waals surface area (Å²) in [6.45, 7) is 5.53. The monoisotopic (exact) mass is 625 g/mol. The second kappa shape index (κ2) is 13.3. The Labute approximate surface area is 273 Å². The average molecular weight is 626 g/mol. The van der Waals surface area contributed by atoms with E-state index in [9.17, 15) is 9.90 Å². The molecule has 2 N–H and O–H groups in total. The first-order chi connectivity index (χ1) is 22.4. The number of hydrogen-bond donors (Lipinski definition) is 2. The van der Waals surface area contributed by atoms with Crippen molar-refractivity contribution in [3.05, 3.63) is 65.1 Å². The van der Waals surface area contributed by atoms with E-state index in [1.807, 2.05) is 17.9 Å². The van der Waals surface area contributed by atoms with Gasteiger partial charge in [-0.15, -0.1) is 0 Å². The van der Waals surface area contributed by atoms with Gasteiger partial charge >= 0.3 is 5.97 Å². The van der Waals surface area contributed by atoms with Crippen LogP contribution >= 0.6 is 0 Å². The number of piperidine rings is 1. The summed E-state index contributed by atoms with van der Waals surface area (Å²) in [7, 11) is 4.14. The van der Waals surface area contributed by atoms with Crippen LogP contribution in [0.3, 0.4) is 0 Å². The van der Waals surface area contributed by atoms with Gasteiger partial charge in [0.1, 0.15) is 5.82 Å². The lowest BCUT2D eigenvalue weighted by atomic mass is 9.77. The third-order valence-corrected chi connectivity index (χ3v) is 11.7. The van der Waals surface area contributed by atoms with Crippen LogP contribution in [0.15, 0.2) is 42.7 Å². The Morgan fingerprint density at radius 1 is 1.09 bits per heavy atom. The van der Waals surface area contributed by atoms with Crippen molar-refractivity contribution in [3.63, 3.8) is 0 Å². The highest BCUT2D eigenvalue weighted by Crippen LogP contribution is 2.45. The molecule has 3 fully saturated rings. The molecule has 3 aromatic rings. The van der Waals surface area contributed by atoms with E-state index in [2.05, 4.69) is 70.7 Å². The largest absolute Gasteiger partial charge is 0.481 e. The Morgan fingerprint density at radius 3 is 2.59 bits per heavy atom. The number of carboxylic acids is 1. The van der Waals surface area contributed by atoms with Gasteiger partial charge in [0.25, 0.3) is 0 Å². The van der Waals surface area contributed by atoms with E-state index in [0.717, 1.165) is 88.1 Å². The first-order valence-electron chi connectivity index (χ1n) is 17.7. The lowest BCUT2D eigenvalue weighted by Crippen LogP contribution is -2.41. The molecular formula is C37H51N7O2. The van der Waals surface area contributed by atoms with E-state index < -0.39 is 5.97 Å². The summed E-state index contributed by atoms with van der Waals surface area (Å²) >= 11 is 0. The summed E-state index contributed by atoms with van der Waals surface area (Å²) < 4.78 is 1.90. The number of nitrogens with zero attached hydrogens (tertiary/aromatic N) is 6. The highest BCUT2D eigenvalue weighted by molar-refractivity contribution is 5.70. The fraction of sp³-hybridized carbons (Fsp3) is 0.622. The quantitative estimate of drug-likeness (QED) is 0.265. The summed E-state index contributed by atoms with van der Waals surface area (Å²) in [6, 6.07) is 11.3. The zero-order chi connectivity index (χ0) is 31.8. The molecule has 9 nitrogen and oxygen atoms in total. The molecule has 46 heavy (non-hydrogen) atoms. The first-order valence-corrected chi connectivity index (χ1v) is 17.7. The number of rotatable bonds is 11. The number of carboxylic acid groups (broad SMARTS) is 1. The number of aliphatic carboxylic acids is 1. The van der Waals surface area contributed by atoms with Crippen LogP contribution in [0.4, 0.5) is 11.8 Å². The van der Waals surface area contributed by atoms with E-state index in [1.165, 1.54) is 41.8 Å². The Hall–Kier alpha value is -3.46. The minimum absolute atomic E-state index is 0.0755. The van der Waals surface area contributed by atoms with Crippen LogP contribution in [-0.4, -0.2) is 68.4 Å². The molecule has 4 aliphatic rings. The fourth-order valence-electron chi connectivity index (χ4n) is 8.81. The normalized spacial score (nSPS) is 27.2. The lowest BCUT2D eigenvalue weighted by molar-refractivity contribution is -0.143. The van der Waals surface area contributed by atoms with Crippen molar-refractivity contribution < 1.29 is 9.90 Å². The summed E-state index contributed by atoms with van der Waals surface area (Å²) in [5.74, 6) is 3.61. The van der Waals surface area contributed by atoms with Gasteiger partial charge in [0.05, 0.1) is 23.9 Å². The maximum absolute atomic E-state index is 11.6. The Bertz CT molecular complexity index is 1500. The van der Waals surface area contributed by atoms with Crippen molar-refractivity contribution >= 4 is 17.7 Å². The molecular weight excluding hydrogens is 574 g/mol. The van der Waals surface area contributed by atoms with Crippen LogP contribution in [0.25, 0.3) is 0 Å². The number of aryl methyl sites for hydroxylation is 2. The lowest BCUT2D eigenvalue weighted by Gasteiger charge is -2.38. The Morgan fingerprint density at radius 2 is 1.89 bits per heavy atom. The first kappa shape index (κ1) is 31.2. The van der Waals surface area contributed by atoms with E-state index >= 15 is 0 Å². The molecule has 0 amide bonds. The summed E-state index contributed by atoms with van der Waals surface area (Å²) in [5, 5.41) is 18.1. The number of likely N-dealkylation sites (tertiary alicyclic amines) is 1. The number of hydrogen-bond acceptors (Lipinski definition) is 7. The number of fused-ring (bicyclic) bond motifs is 2. The van der Waals surface area contributed by atoms with Crippen molar-refractivity contribution in [1.82, 2.24) is 24.6 Å². The second-order valence-corrected chi connectivity index (χ2v) is 14.6. The highest BCUT2D eigenvalue weighted by Gasteiger charge is 2.42. The molecule has 3 aliphatic carbocycles. The van der Waals surface area contributed by atoms with Crippen LogP contribution in [0.2, 0.25) is 0 Å². The van der Waals surface area contributed by atoms with Gasteiger partial charge in [-0.1, -0.05) is 37.3 Å². The van der Waals surface area contributed by atoms with Crippen molar-refractivity contribution in [2.24, 2.45) is 30.7 Å².